The van der Waals surface area contributed by atoms with E-state index >= 15 is 0 Å². The van der Waals surface area contributed by atoms with Gasteiger partial charge in [0, 0.05) is 10.9 Å². The molecule has 3 rings (SSSR count). The predicted molar refractivity (Wildman–Crippen MR) is 123 cm³/mol. The van der Waals surface area contributed by atoms with Crippen LogP contribution in [-0.4, -0.2) is 43.8 Å². The summed E-state index contributed by atoms with van der Waals surface area (Å²) in [5, 5.41) is 3.69. The first-order valence-electron chi connectivity index (χ1n) is 10.5. The number of hydrogen-bond donors (Lipinski definition) is 1. The molecule has 8 heteroatoms. The van der Waals surface area contributed by atoms with Gasteiger partial charge in [0.05, 0.1) is 20.3 Å². The molecule has 2 aromatic carbocycles. The Balaban J connectivity index is 2.31. The number of halogens is 1. The van der Waals surface area contributed by atoms with Crippen LogP contribution in [0.4, 0.5) is 0 Å². The van der Waals surface area contributed by atoms with Crippen molar-refractivity contribution < 1.29 is 28.6 Å². The lowest BCUT2D eigenvalue weighted by Gasteiger charge is -2.35. The van der Waals surface area contributed by atoms with E-state index in [-0.39, 0.29) is 0 Å². The van der Waals surface area contributed by atoms with E-state index < -0.39 is 46.9 Å². The van der Waals surface area contributed by atoms with E-state index in [2.05, 4.69) is 5.32 Å². The monoisotopic (exact) mass is 473 g/mol. The zero-order chi connectivity index (χ0) is 24.4. The predicted octanol–water partition coefficient (Wildman–Crippen LogP) is 3.81. The van der Waals surface area contributed by atoms with Crippen molar-refractivity contribution in [3.63, 3.8) is 0 Å². The average molecular weight is 474 g/mol. The zero-order valence-corrected chi connectivity index (χ0v) is 20.0. The van der Waals surface area contributed by atoms with Gasteiger partial charge in [0.25, 0.3) is 0 Å². The molecule has 0 saturated carbocycles. The highest BCUT2D eigenvalue weighted by molar-refractivity contribution is 6.30. The van der Waals surface area contributed by atoms with Gasteiger partial charge >= 0.3 is 17.9 Å². The largest absolute Gasteiger partial charge is 0.468 e. The second-order valence-electron chi connectivity index (χ2n) is 8.90. The maximum absolute atomic E-state index is 13.5. The maximum atomic E-state index is 13.5. The molecule has 1 fully saturated rings. The van der Waals surface area contributed by atoms with Crippen molar-refractivity contribution in [2.24, 2.45) is 5.41 Å². The van der Waals surface area contributed by atoms with E-state index in [1.54, 1.807) is 69.3 Å². The molecular formula is C25H28ClNO6. The Morgan fingerprint density at radius 2 is 1.42 bits per heavy atom. The fourth-order valence-electron chi connectivity index (χ4n) is 4.46. The van der Waals surface area contributed by atoms with Gasteiger partial charge in [-0.1, -0.05) is 54.1 Å². The summed E-state index contributed by atoms with van der Waals surface area (Å²) in [6.07, 6.45) is 0. The molecule has 1 aliphatic heterocycles. The van der Waals surface area contributed by atoms with Gasteiger partial charge in [-0.05, 0) is 44.0 Å². The number of ether oxygens (including phenoxy) is 3. The third kappa shape index (κ3) is 4.61. The van der Waals surface area contributed by atoms with Crippen molar-refractivity contribution in [1.29, 1.82) is 0 Å². The van der Waals surface area contributed by atoms with Gasteiger partial charge in [0.15, 0.2) is 5.41 Å². The number of benzene rings is 2. The topological polar surface area (TPSA) is 90.9 Å². The molecule has 0 aromatic heterocycles. The number of nitrogens with one attached hydrogen (secondary N) is 1. The highest BCUT2D eigenvalue weighted by Crippen LogP contribution is 2.55. The highest BCUT2D eigenvalue weighted by Gasteiger charge is 2.69. The van der Waals surface area contributed by atoms with E-state index in [4.69, 9.17) is 25.8 Å². The molecular weight excluding hydrogens is 446 g/mol. The highest BCUT2D eigenvalue weighted by atomic mass is 35.5. The van der Waals surface area contributed by atoms with Crippen LogP contribution in [-0.2, 0) is 28.6 Å². The Morgan fingerprint density at radius 3 is 1.91 bits per heavy atom. The minimum Gasteiger partial charge on any atom is -0.468 e. The lowest BCUT2D eigenvalue weighted by Crippen LogP contribution is -2.49. The van der Waals surface area contributed by atoms with Crippen molar-refractivity contribution in [2.75, 3.05) is 14.2 Å². The quantitative estimate of drug-likeness (QED) is 0.401. The van der Waals surface area contributed by atoms with E-state index in [0.717, 1.165) is 0 Å². The molecule has 1 N–H and O–H groups in total. The van der Waals surface area contributed by atoms with Crippen LogP contribution in [0.1, 0.15) is 43.9 Å². The smallest absolute Gasteiger partial charge is 0.325 e. The first kappa shape index (κ1) is 24.7. The Kier molecular flexibility index (Phi) is 7.14. The summed E-state index contributed by atoms with van der Waals surface area (Å²) >= 11 is 6.07. The van der Waals surface area contributed by atoms with Crippen LogP contribution < -0.4 is 5.32 Å². The van der Waals surface area contributed by atoms with Crippen molar-refractivity contribution >= 4 is 29.5 Å². The minimum atomic E-state index is -1.90. The number of hydrogen-bond acceptors (Lipinski definition) is 7. The van der Waals surface area contributed by atoms with Crippen LogP contribution in [0.5, 0.6) is 0 Å². The molecule has 2 aromatic rings. The molecule has 1 aliphatic rings. The van der Waals surface area contributed by atoms with Gasteiger partial charge in [0.2, 0.25) is 0 Å². The lowest BCUT2D eigenvalue weighted by atomic mass is 9.66. The molecule has 3 atom stereocenters. The van der Waals surface area contributed by atoms with Crippen molar-refractivity contribution in [1.82, 2.24) is 5.32 Å². The summed E-state index contributed by atoms with van der Waals surface area (Å²) in [4.78, 5) is 40.3. The van der Waals surface area contributed by atoms with Crippen LogP contribution >= 0.6 is 11.6 Å². The second-order valence-corrected chi connectivity index (χ2v) is 9.34. The Morgan fingerprint density at radius 1 is 0.879 bits per heavy atom. The van der Waals surface area contributed by atoms with Crippen LogP contribution in [0.15, 0.2) is 54.6 Å². The van der Waals surface area contributed by atoms with Crippen LogP contribution in [0.25, 0.3) is 0 Å². The Bertz CT molecular complexity index is 999. The Hall–Kier alpha value is -2.90. The van der Waals surface area contributed by atoms with Gasteiger partial charge < -0.3 is 14.2 Å². The third-order valence-corrected chi connectivity index (χ3v) is 5.95. The molecule has 1 saturated heterocycles. The second kappa shape index (κ2) is 9.53. The van der Waals surface area contributed by atoms with Crippen LogP contribution in [0.2, 0.25) is 5.02 Å². The normalized spacial score (nSPS) is 21.8. The van der Waals surface area contributed by atoms with Crippen LogP contribution in [0.3, 0.4) is 0 Å². The number of carbonyl (C=O) groups excluding carboxylic acids is 3. The molecule has 0 aliphatic carbocycles. The summed E-state index contributed by atoms with van der Waals surface area (Å²) in [5.74, 6) is -3.19. The summed E-state index contributed by atoms with van der Waals surface area (Å²) in [6.45, 7) is 5.26. The molecule has 0 amide bonds. The first-order chi connectivity index (χ1) is 15.6. The fourth-order valence-corrected chi connectivity index (χ4v) is 4.59. The molecule has 1 heterocycles. The van der Waals surface area contributed by atoms with Gasteiger partial charge in [0.1, 0.15) is 11.6 Å². The van der Waals surface area contributed by atoms with Gasteiger partial charge in [-0.25, -0.2) is 0 Å². The number of methoxy groups -OCH3 is 2. The maximum Gasteiger partial charge on any atom is 0.325 e. The molecule has 0 radical (unpaired) electrons. The van der Waals surface area contributed by atoms with Crippen molar-refractivity contribution in [2.45, 2.75) is 44.4 Å². The third-order valence-electron chi connectivity index (χ3n) is 5.69. The van der Waals surface area contributed by atoms with Gasteiger partial charge in [-0.15, -0.1) is 0 Å². The Labute approximate surface area is 198 Å². The van der Waals surface area contributed by atoms with E-state index in [1.807, 2.05) is 6.07 Å². The molecule has 7 nitrogen and oxygen atoms in total. The average Bonchev–Trinajstić information content (AvgIpc) is 3.15. The standard InChI is InChI=1S/C25H28ClNO6/c1-24(2,3)33-21(28)19-18(15-9-7-6-8-10-15)25(22(29)31-4,23(30)32-5)20(27-19)16-11-13-17(26)14-12-16/h6-14,18-20,27H,1-5H3/t18-,19+,20+/m0/s1. The number of carbonyl (C=O) groups is 3. The molecule has 0 bridgehead atoms. The number of esters is 3. The summed E-state index contributed by atoms with van der Waals surface area (Å²) in [7, 11) is 2.41. The summed E-state index contributed by atoms with van der Waals surface area (Å²) < 4.78 is 16.0. The van der Waals surface area contributed by atoms with Crippen LogP contribution in [0, 0.1) is 5.41 Å². The summed E-state index contributed by atoms with van der Waals surface area (Å²) in [6, 6.07) is 13.6. The zero-order valence-electron chi connectivity index (χ0n) is 19.3. The fraction of sp³-hybridized carbons (Fsp3) is 0.400. The molecule has 0 unspecified atom stereocenters. The molecule has 176 valence electrons. The van der Waals surface area contributed by atoms with Gasteiger partial charge in [-0.3, -0.25) is 19.7 Å². The van der Waals surface area contributed by atoms with Gasteiger partial charge in [-0.2, -0.15) is 0 Å². The summed E-state index contributed by atoms with van der Waals surface area (Å²) in [5.41, 5.74) is -1.52. The van der Waals surface area contributed by atoms with Crippen molar-refractivity contribution in [3.8, 4) is 0 Å². The van der Waals surface area contributed by atoms with Crippen molar-refractivity contribution in [3.05, 3.63) is 70.7 Å². The van der Waals surface area contributed by atoms with E-state index in [1.165, 1.54) is 14.2 Å². The van der Waals surface area contributed by atoms with E-state index in [9.17, 15) is 14.4 Å². The molecule has 0 spiro atoms. The lowest BCUT2D eigenvalue weighted by molar-refractivity contribution is -0.172. The first-order valence-corrected chi connectivity index (χ1v) is 10.9. The molecule has 33 heavy (non-hydrogen) atoms. The van der Waals surface area contributed by atoms with E-state index in [0.29, 0.717) is 16.1 Å². The minimum absolute atomic E-state index is 0.488. The SMILES string of the molecule is COC(=O)C1(C(=O)OC)[C@@H](c2ccc(Cl)cc2)N[C@@H](C(=O)OC(C)(C)C)[C@@H]1c1ccccc1. The number of rotatable bonds is 5.